The lowest BCUT2D eigenvalue weighted by atomic mass is 9.86. The fourth-order valence-electron chi connectivity index (χ4n) is 4.13. The van der Waals surface area contributed by atoms with Gasteiger partial charge in [0.1, 0.15) is 12.3 Å². The first-order valence-electron chi connectivity index (χ1n) is 9.67. The van der Waals surface area contributed by atoms with Crippen LogP contribution in [0.3, 0.4) is 0 Å². The molecule has 2 aliphatic rings. The number of hydrogen-bond donors (Lipinski definition) is 1. The summed E-state index contributed by atoms with van der Waals surface area (Å²) < 4.78 is 4.98. The van der Waals surface area contributed by atoms with Gasteiger partial charge < -0.3 is 14.7 Å². The lowest BCUT2D eigenvalue weighted by Gasteiger charge is -2.37. The number of aryl methyl sites for hydroxylation is 1. The summed E-state index contributed by atoms with van der Waals surface area (Å²) in [6.07, 6.45) is 10.9. The van der Waals surface area contributed by atoms with Crippen LogP contribution in [0.4, 0.5) is 5.82 Å². The number of carbonyl (C=O) groups is 2. The molecule has 2 amide bonds. The molecule has 25 heavy (non-hydrogen) atoms. The summed E-state index contributed by atoms with van der Waals surface area (Å²) in [6, 6.07) is 1.89. The van der Waals surface area contributed by atoms with Crippen LogP contribution in [0.1, 0.15) is 70.0 Å². The van der Waals surface area contributed by atoms with Gasteiger partial charge in [-0.2, -0.15) is 0 Å². The van der Waals surface area contributed by atoms with E-state index in [9.17, 15) is 9.59 Å². The third-order valence-electron chi connectivity index (χ3n) is 5.46. The molecular weight excluding hydrogens is 318 g/mol. The summed E-state index contributed by atoms with van der Waals surface area (Å²) in [6.45, 7) is 1.90. The number of nitrogens with one attached hydrogen (secondary N) is 1. The quantitative estimate of drug-likeness (QED) is 0.882. The molecule has 1 aromatic heterocycles. The smallest absolute Gasteiger partial charge is 0.245 e. The van der Waals surface area contributed by atoms with Crippen LogP contribution in [-0.2, 0) is 9.59 Å². The molecule has 138 valence electrons. The highest BCUT2D eigenvalue weighted by molar-refractivity contribution is 5.94. The van der Waals surface area contributed by atoms with Gasteiger partial charge in [0.25, 0.3) is 0 Å². The van der Waals surface area contributed by atoms with E-state index in [2.05, 4.69) is 10.5 Å². The minimum Gasteiger partial charge on any atom is -0.360 e. The molecule has 6 heteroatoms. The molecule has 1 heterocycles. The molecule has 0 unspecified atom stereocenters. The molecule has 3 rings (SSSR count). The number of carbonyl (C=O) groups excluding carboxylic acids is 2. The lowest BCUT2D eigenvalue weighted by Crippen LogP contribution is -2.48. The Morgan fingerprint density at radius 2 is 1.76 bits per heavy atom. The first-order chi connectivity index (χ1) is 12.1. The van der Waals surface area contributed by atoms with E-state index >= 15 is 0 Å². The fraction of sp³-hybridized carbons (Fsp3) is 0.737. The van der Waals surface area contributed by atoms with Crippen molar-refractivity contribution >= 4 is 17.6 Å². The molecule has 2 aliphatic carbocycles. The fourth-order valence-corrected chi connectivity index (χ4v) is 4.13. The van der Waals surface area contributed by atoms with Crippen molar-refractivity contribution in [1.29, 1.82) is 0 Å². The standard InChI is InChI=1S/C19H29N3O3/c1-14-12-17(21-25-14)20-18(23)13-22(16-10-6-3-7-11-16)19(24)15-8-4-2-5-9-15/h12,15-16H,2-11,13H2,1H3,(H,20,21,23). The molecular formula is C19H29N3O3. The SMILES string of the molecule is Cc1cc(NC(=O)CN(C(=O)C2CCCCC2)C2CCCCC2)no1. The Morgan fingerprint density at radius 3 is 2.36 bits per heavy atom. The molecule has 1 N–H and O–H groups in total. The number of nitrogens with zero attached hydrogens (tertiary/aromatic N) is 2. The summed E-state index contributed by atoms with van der Waals surface area (Å²) in [5, 5.41) is 6.55. The first-order valence-corrected chi connectivity index (χ1v) is 9.67. The monoisotopic (exact) mass is 347 g/mol. The van der Waals surface area contributed by atoms with Gasteiger partial charge in [0.2, 0.25) is 11.8 Å². The Hall–Kier alpha value is -1.85. The van der Waals surface area contributed by atoms with E-state index in [1.807, 2.05) is 4.90 Å². The van der Waals surface area contributed by atoms with E-state index in [1.165, 1.54) is 12.8 Å². The van der Waals surface area contributed by atoms with Gasteiger partial charge in [0.15, 0.2) is 5.82 Å². The minimum absolute atomic E-state index is 0.0952. The third kappa shape index (κ3) is 4.83. The van der Waals surface area contributed by atoms with Crippen LogP contribution in [-0.4, -0.2) is 34.5 Å². The zero-order valence-corrected chi connectivity index (χ0v) is 15.1. The predicted octanol–water partition coefficient (Wildman–Crippen LogP) is 3.66. The Bertz CT molecular complexity index is 586. The van der Waals surface area contributed by atoms with Crippen molar-refractivity contribution in [3.8, 4) is 0 Å². The molecule has 0 saturated heterocycles. The molecule has 0 radical (unpaired) electrons. The van der Waals surface area contributed by atoms with Gasteiger partial charge >= 0.3 is 0 Å². The van der Waals surface area contributed by atoms with Crippen molar-refractivity contribution in [3.05, 3.63) is 11.8 Å². The molecule has 0 aromatic carbocycles. The van der Waals surface area contributed by atoms with E-state index in [0.29, 0.717) is 11.6 Å². The van der Waals surface area contributed by atoms with Crippen LogP contribution in [0.15, 0.2) is 10.6 Å². The van der Waals surface area contributed by atoms with E-state index < -0.39 is 0 Å². The van der Waals surface area contributed by atoms with Crippen molar-refractivity contribution in [2.24, 2.45) is 5.92 Å². The topological polar surface area (TPSA) is 75.4 Å². The van der Waals surface area contributed by atoms with E-state index in [0.717, 1.165) is 51.4 Å². The highest BCUT2D eigenvalue weighted by Gasteiger charge is 2.32. The summed E-state index contributed by atoms with van der Waals surface area (Å²) in [5.41, 5.74) is 0. The van der Waals surface area contributed by atoms with Crippen LogP contribution in [0.25, 0.3) is 0 Å². The molecule has 0 spiro atoms. The van der Waals surface area contributed by atoms with Gasteiger partial charge in [-0.05, 0) is 32.6 Å². The summed E-state index contributed by atoms with van der Waals surface area (Å²) in [7, 11) is 0. The molecule has 0 aliphatic heterocycles. The van der Waals surface area contributed by atoms with Crippen LogP contribution in [0.2, 0.25) is 0 Å². The van der Waals surface area contributed by atoms with Crippen molar-refractivity contribution in [2.75, 3.05) is 11.9 Å². The lowest BCUT2D eigenvalue weighted by molar-refractivity contribution is -0.142. The van der Waals surface area contributed by atoms with E-state index in [4.69, 9.17) is 4.52 Å². The normalized spacial score (nSPS) is 19.6. The van der Waals surface area contributed by atoms with E-state index in [1.54, 1.807) is 13.0 Å². The van der Waals surface area contributed by atoms with Crippen LogP contribution in [0.5, 0.6) is 0 Å². The first kappa shape index (κ1) is 18.0. The highest BCUT2D eigenvalue weighted by Crippen LogP contribution is 2.29. The number of rotatable bonds is 5. The average molecular weight is 347 g/mol. The van der Waals surface area contributed by atoms with Gasteiger partial charge in [-0.15, -0.1) is 0 Å². The summed E-state index contributed by atoms with van der Waals surface area (Å²) >= 11 is 0. The maximum Gasteiger partial charge on any atom is 0.245 e. The molecule has 0 atom stereocenters. The largest absolute Gasteiger partial charge is 0.360 e. The van der Waals surface area contributed by atoms with Crippen LogP contribution < -0.4 is 5.32 Å². The Balaban J connectivity index is 1.66. The predicted molar refractivity (Wildman–Crippen MR) is 95.0 cm³/mol. The number of aromatic nitrogens is 1. The Kier molecular flexibility index (Phi) is 6.10. The zero-order chi connectivity index (χ0) is 17.6. The molecule has 1 aromatic rings. The number of anilines is 1. The highest BCUT2D eigenvalue weighted by atomic mass is 16.5. The summed E-state index contributed by atoms with van der Waals surface area (Å²) in [4.78, 5) is 27.4. The zero-order valence-electron chi connectivity index (χ0n) is 15.1. The third-order valence-corrected chi connectivity index (χ3v) is 5.46. The average Bonchev–Trinajstić information content (AvgIpc) is 3.05. The minimum atomic E-state index is -0.192. The maximum atomic E-state index is 13.1. The van der Waals surface area contributed by atoms with Crippen molar-refractivity contribution < 1.29 is 14.1 Å². The molecule has 2 fully saturated rings. The molecule has 6 nitrogen and oxygen atoms in total. The van der Waals surface area contributed by atoms with Crippen LogP contribution >= 0.6 is 0 Å². The molecule has 2 saturated carbocycles. The maximum absolute atomic E-state index is 13.1. The van der Waals surface area contributed by atoms with Gasteiger partial charge in [0, 0.05) is 18.0 Å². The van der Waals surface area contributed by atoms with Gasteiger partial charge in [0.05, 0.1) is 0 Å². The van der Waals surface area contributed by atoms with E-state index in [-0.39, 0.29) is 30.3 Å². The van der Waals surface area contributed by atoms with Gasteiger partial charge in [-0.1, -0.05) is 43.7 Å². The van der Waals surface area contributed by atoms with Gasteiger partial charge in [-0.25, -0.2) is 0 Å². The van der Waals surface area contributed by atoms with Crippen molar-refractivity contribution in [3.63, 3.8) is 0 Å². The Labute approximate surface area is 149 Å². The summed E-state index contributed by atoms with van der Waals surface area (Å²) in [5.74, 6) is 1.15. The van der Waals surface area contributed by atoms with Crippen molar-refractivity contribution in [2.45, 2.75) is 77.2 Å². The second-order valence-corrected chi connectivity index (χ2v) is 7.46. The second-order valence-electron chi connectivity index (χ2n) is 7.46. The van der Waals surface area contributed by atoms with Gasteiger partial charge in [-0.3, -0.25) is 9.59 Å². The Morgan fingerprint density at radius 1 is 1.12 bits per heavy atom. The number of amides is 2. The number of hydrogen-bond acceptors (Lipinski definition) is 4. The van der Waals surface area contributed by atoms with Crippen molar-refractivity contribution in [1.82, 2.24) is 10.1 Å². The second kappa shape index (κ2) is 8.50. The molecule has 0 bridgehead atoms. The van der Waals surface area contributed by atoms with Crippen LogP contribution in [0, 0.1) is 12.8 Å².